The van der Waals surface area contributed by atoms with Crippen molar-refractivity contribution in [3.63, 3.8) is 0 Å². The van der Waals surface area contributed by atoms with Crippen molar-refractivity contribution in [2.45, 2.75) is 0 Å². The fourth-order valence-electron chi connectivity index (χ4n) is 6.71. The van der Waals surface area contributed by atoms with E-state index in [4.69, 9.17) is 9.97 Å². The maximum absolute atomic E-state index is 5.38. The van der Waals surface area contributed by atoms with E-state index in [1.807, 2.05) is 24.3 Å². The summed E-state index contributed by atoms with van der Waals surface area (Å²) in [5.41, 5.74) is 10.6. The van der Waals surface area contributed by atoms with E-state index in [2.05, 4.69) is 144 Å². The number of rotatable bonds is 4. The van der Waals surface area contributed by atoms with Gasteiger partial charge in [-0.3, -0.25) is 4.57 Å². The third-order valence-electron chi connectivity index (χ3n) is 8.78. The van der Waals surface area contributed by atoms with E-state index in [0.29, 0.717) is 0 Å². The van der Waals surface area contributed by atoms with E-state index in [0.717, 1.165) is 44.7 Å². The second-order valence-electron chi connectivity index (χ2n) is 11.4. The lowest BCUT2D eigenvalue weighted by Gasteiger charge is -2.15. The lowest BCUT2D eigenvalue weighted by Crippen LogP contribution is -2.04. The second kappa shape index (κ2) is 10.3. The summed E-state index contributed by atoms with van der Waals surface area (Å²) in [6.45, 7) is 0. The van der Waals surface area contributed by atoms with Crippen LogP contribution in [0.3, 0.4) is 0 Å². The van der Waals surface area contributed by atoms with Crippen molar-refractivity contribution < 1.29 is 0 Å². The minimum atomic E-state index is 0.819. The van der Waals surface area contributed by atoms with Crippen LogP contribution < -0.4 is 0 Å². The monoisotopic (exact) mass is 573 g/mol. The largest absolute Gasteiger partial charge is 0.292 e. The van der Waals surface area contributed by atoms with Crippen molar-refractivity contribution in [2.24, 2.45) is 0 Å². The zero-order valence-corrected chi connectivity index (χ0v) is 24.4. The number of fused-ring (bicyclic) bond motifs is 6. The third kappa shape index (κ3) is 4.13. The summed E-state index contributed by atoms with van der Waals surface area (Å²) in [5.74, 6) is 0.819. The SMILES string of the molecule is c1ccc(-c2ccc3c4c5ccccc5c(-c5ccccc5)cc4n(-c4nc5ccccc5nc4-c4ccccc4)c3c2)cc1. The number of hydrogen-bond donors (Lipinski definition) is 0. The Kier molecular flexibility index (Phi) is 5.82. The highest BCUT2D eigenvalue weighted by Crippen LogP contribution is 2.43. The molecule has 0 spiro atoms. The molecule has 3 heteroatoms. The Balaban J connectivity index is 1.49. The molecule has 0 N–H and O–H groups in total. The first-order valence-corrected chi connectivity index (χ1v) is 15.3. The van der Waals surface area contributed by atoms with Crippen LogP contribution in [0.2, 0.25) is 0 Å². The highest BCUT2D eigenvalue weighted by molar-refractivity contribution is 6.24. The Morgan fingerprint density at radius 2 is 0.956 bits per heavy atom. The van der Waals surface area contributed by atoms with Crippen molar-refractivity contribution in [1.82, 2.24) is 14.5 Å². The first-order chi connectivity index (χ1) is 22.3. The van der Waals surface area contributed by atoms with Crippen molar-refractivity contribution in [3.05, 3.63) is 164 Å². The van der Waals surface area contributed by atoms with Crippen LogP contribution in [0.4, 0.5) is 0 Å². The van der Waals surface area contributed by atoms with E-state index in [1.54, 1.807) is 0 Å². The normalized spacial score (nSPS) is 11.6. The van der Waals surface area contributed by atoms with Gasteiger partial charge in [0.05, 0.1) is 22.1 Å². The minimum absolute atomic E-state index is 0.819. The van der Waals surface area contributed by atoms with Crippen LogP contribution in [-0.4, -0.2) is 14.5 Å². The lowest BCUT2D eigenvalue weighted by molar-refractivity contribution is 1.08. The molecule has 3 nitrogen and oxygen atoms in total. The minimum Gasteiger partial charge on any atom is -0.292 e. The standard InChI is InChI=1S/C42H27N3/c1-4-14-28(15-5-1)31-24-25-34-38(26-31)45(42-41(30-18-8-3-9-19-30)43-36-22-12-13-23-37(36)44-42)39-27-35(29-16-6-2-7-17-29)32-20-10-11-21-33(32)40(34)39/h1-27H. The molecule has 0 radical (unpaired) electrons. The zero-order valence-electron chi connectivity index (χ0n) is 24.4. The van der Waals surface area contributed by atoms with Crippen LogP contribution >= 0.6 is 0 Å². The lowest BCUT2D eigenvalue weighted by atomic mass is 9.94. The average Bonchev–Trinajstić information content (AvgIpc) is 3.45. The van der Waals surface area contributed by atoms with Gasteiger partial charge in [0.1, 0.15) is 5.69 Å². The second-order valence-corrected chi connectivity index (χ2v) is 11.4. The van der Waals surface area contributed by atoms with E-state index >= 15 is 0 Å². The Morgan fingerprint density at radius 1 is 0.378 bits per heavy atom. The molecule has 7 aromatic carbocycles. The molecule has 0 unspecified atom stereocenters. The van der Waals surface area contributed by atoms with Gasteiger partial charge in [0.15, 0.2) is 5.82 Å². The molecule has 0 amide bonds. The molecule has 2 heterocycles. The molecule has 0 saturated carbocycles. The average molecular weight is 574 g/mol. The summed E-state index contributed by atoms with van der Waals surface area (Å²) in [6, 6.07) is 57.8. The molecule has 0 saturated heterocycles. The van der Waals surface area contributed by atoms with Crippen LogP contribution in [0.15, 0.2) is 164 Å². The molecule has 0 bridgehead atoms. The van der Waals surface area contributed by atoms with Gasteiger partial charge in [0.25, 0.3) is 0 Å². The van der Waals surface area contributed by atoms with Gasteiger partial charge in [-0.25, -0.2) is 9.97 Å². The predicted molar refractivity (Wildman–Crippen MR) is 188 cm³/mol. The van der Waals surface area contributed by atoms with Gasteiger partial charge >= 0.3 is 0 Å². The molecule has 210 valence electrons. The maximum Gasteiger partial charge on any atom is 0.165 e. The molecule has 0 fully saturated rings. The molecule has 0 atom stereocenters. The Hall–Kier alpha value is -6.06. The van der Waals surface area contributed by atoms with E-state index in [1.165, 1.54) is 38.2 Å². The number of aromatic nitrogens is 3. The van der Waals surface area contributed by atoms with E-state index in [9.17, 15) is 0 Å². The van der Waals surface area contributed by atoms with Gasteiger partial charge in [-0.05, 0) is 57.3 Å². The number of para-hydroxylation sites is 2. The highest BCUT2D eigenvalue weighted by atomic mass is 15.1. The highest BCUT2D eigenvalue weighted by Gasteiger charge is 2.22. The van der Waals surface area contributed by atoms with Crippen molar-refractivity contribution >= 4 is 43.6 Å². The summed E-state index contributed by atoms with van der Waals surface area (Å²) in [4.78, 5) is 10.6. The third-order valence-corrected chi connectivity index (χ3v) is 8.78. The first-order valence-electron chi connectivity index (χ1n) is 15.3. The van der Waals surface area contributed by atoms with Crippen molar-refractivity contribution in [1.29, 1.82) is 0 Å². The van der Waals surface area contributed by atoms with E-state index in [-0.39, 0.29) is 0 Å². The molecule has 0 aliphatic heterocycles. The van der Waals surface area contributed by atoms with Gasteiger partial charge in [0.2, 0.25) is 0 Å². The Morgan fingerprint density at radius 3 is 1.67 bits per heavy atom. The van der Waals surface area contributed by atoms with E-state index < -0.39 is 0 Å². The van der Waals surface area contributed by atoms with Crippen LogP contribution in [0.25, 0.3) is 82.9 Å². The molecule has 2 aromatic heterocycles. The summed E-state index contributed by atoms with van der Waals surface area (Å²) in [7, 11) is 0. The van der Waals surface area contributed by atoms with Crippen LogP contribution in [0.5, 0.6) is 0 Å². The van der Waals surface area contributed by atoms with Crippen molar-refractivity contribution in [2.75, 3.05) is 0 Å². The van der Waals surface area contributed by atoms with Crippen molar-refractivity contribution in [3.8, 4) is 39.3 Å². The molecule has 0 aliphatic carbocycles. The maximum atomic E-state index is 5.38. The van der Waals surface area contributed by atoms with Gasteiger partial charge in [-0.15, -0.1) is 0 Å². The smallest absolute Gasteiger partial charge is 0.165 e. The number of nitrogens with zero attached hydrogens (tertiary/aromatic N) is 3. The van der Waals surface area contributed by atoms with Crippen LogP contribution in [0, 0.1) is 0 Å². The van der Waals surface area contributed by atoms with Crippen LogP contribution in [-0.2, 0) is 0 Å². The topological polar surface area (TPSA) is 30.7 Å². The summed E-state index contributed by atoms with van der Waals surface area (Å²) in [5, 5.41) is 4.86. The molecular formula is C42H27N3. The molecule has 0 aliphatic rings. The molecular weight excluding hydrogens is 546 g/mol. The fraction of sp³-hybridized carbons (Fsp3) is 0. The van der Waals surface area contributed by atoms with Gasteiger partial charge in [0, 0.05) is 16.3 Å². The number of benzene rings is 7. The summed E-state index contributed by atoms with van der Waals surface area (Å²) >= 11 is 0. The zero-order chi connectivity index (χ0) is 29.7. The molecule has 9 aromatic rings. The van der Waals surface area contributed by atoms with Gasteiger partial charge in [-0.2, -0.15) is 0 Å². The first kappa shape index (κ1) is 25.4. The van der Waals surface area contributed by atoms with Crippen LogP contribution in [0.1, 0.15) is 0 Å². The summed E-state index contributed by atoms with van der Waals surface area (Å²) in [6.07, 6.45) is 0. The van der Waals surface area contributed by atoms with Gasteiger partial charge in [-0.1, -0.05) is 140 Å². The predicted octanol–water partition coefficient (Wildman–Crippen LogP) is 10.9. The summed E-state index contributed by atoms with van der Waals surface area (Å²) < 4.78 is 2.34. The van der Waals surface area contributed by atoms with Gasteiger partial charge < -0.3 is 0 Å². The molecule has 9 rings (SSSR count). The number of hydrogen-bond acceptors (Lipinski definition) is 2. The quantitative estimate of drug-likeness (QED) is 0.210. The molecule has 45 heavy (non-hydrogen) atoms. The Labute approximate surface area is 260 Å². The fourth-order valence-corrected chi connectivity index (χ4v) is 6.71. The Bertz CT molecular complexity index is 2510.